The van der Waals surface area contributed by atoms with Gasteiger partial charge in [-0.05, 0) is 37.6 Å². The first-order valence-electron chi connectivity index (χ1n) is 6.47. The molecule has 1 heterocycles. The first-order valence-corrected chi connectivity index (χ1v) is 6.47. The zero-order valence-corrected chi connectivity index (χ0v) is 10.7. The largest absolute Gasteiger partial charge is 0.372 e. The monoisotopic (exact) mass is 245 g/mol. The molecule has 1 aromatic heterocycles. The van der Waals surface area contributed by atoms with Gasteiger partial charge in [0.15, 0.2) is 0 Å². The summed E-state index contributed by atoms with van der Waals surface area (Å²) in [5, 5.41) is 12.1. The molecule has 1 aliphatic rings. The smallest absolute Gasteiger partial charge is 0.140 e. The zero-order valence-electron chi connectivity index (χ0n) is 10.7. The number of nitrogens with one attached hydrogen (secondary N) is 1. The fraction of sp³-hybridized carbons (Fsp3) is 0.571. The zero-order chi connectivity index (χ0) is 12.8. The molecule has 0 spiro atoms. The average Bonchev–Trinajstić information content (AvgIpc) is 2.45. The Kier molecular flexibility index (Phi) is 4.68. The van der Waals surface area contributed by atoms with Crippen LogP contribution in [0, 0.1) is 11.3 Å². The topological polar surface area (TPSA) is 57.9 Å². The molecule has 0 saturated heterocycles. The van der Waals surface area contributed by atoms with Crippen molar-refractivity contribution in [2.45, 2.75) is 44.4 Å². The van der Waals surface area contributed by atoms with Gasteiger partial charge in [0.2, 0.25) is 0 Å². The third-order valence-electron chi connectivity index (χ3n) is 3.48. The molecule has 1 N–H and O–H groups in total. The van der Waals surface area contributed by atoms with E-state index in [1.807, 2.05) is 19.2 Å². The summed E-state index contributed by atoms with van der Waals surface area (Å²) in [6, 6.07) is 6.19. The van der Waals surface area contributed by atoms with Crippen molar-refractivity contribution in [1.29, 1.82) is 5.26 Å². The van der Waals surface area contributed by atoms with Crippen molar-refractivity contribution >= 4 is 0 Å². The van der Waals surface area contributed by atoms with Crippen LogP contribution >= 0.6 is 0 Å². The molecular weight excluding hydrogens is 226 g/mol. The van der Waals surface area contributed by atoms with Gasteiger partial charge in [0.05, 0.1) is 12.7 Å². The Balaban J connectivity index is 1.91. The number of ether oxygens (including phenoxy) is 1. The summed E-state index contributed by atoms with van der Waals surface area (Å²) in [4.78, 5) is 3.95. The summed E-state index contributed by atoms with van der Waals surface area (Å²) in [5.41, 5.74) is 1.46. The third-order valence-corrected chi connectivity index (χ3v) is 3.48. The molecule has 1 fully saturated rings. The van der Waals surface area contributed by atoms with Crippen LogP contribution in [0.4, 0.5) is 0 Å². The van der Waals surface area contributed by atoms with Crippen molar-refractivity contribution in [3.63, 3.8) is 0 Å². The molecule has 1 saturated carbocycles. The van der Waals surface area contributed by atoms with E-state index in [1.54, 1.807) is 12.3 Å². The summed E-state index contributed by atoms with van der Waals surface area (Å²) in [6.07, 6.45) is 6.75. The van der Waals surface area contributed by atoms with Crippen LogP contribution in [0.25, 0.3) is 0 Å². The van der Waals surface area contributed by atoms with Crippen LogP contribution in [0.5, 0.6) is 0 Å². The van der Waals surface area contributed by atoms with E-state index in [9.17, 15) is 0 Å². The summed E-state index contributed by atoms with van der Waals surface area (Å²) in [7, 11) is 1.99. The minimum Gasteiger partial charge on any atom is -0.372 e. The average molecular weight is 245 g/mol. The van der Waals surface area contributed by atoms with Gasteiger partial charge in [-0.1, -0.05) is 12.8 Å². The Morgan fingerprint density at radius 3 is 3.11 bits per heavy atom. The van der Waals surface area contributed by atoms with Crippen molar-refractivity contribution in [2.24, 2.45) is 0 Å². The Labute approximate surface area is 108 Å². The van der Waals surface area contributed by atoms with E-state index in [4.69, 9.17) is 10.00 Å². The van der Waals surface area contributed by atoms with Gasteiger partial charge in [0.1, 0.15) is 11.8 Å². The van der Waals surface area contributed by atoms with Gasteiger partial charge in [-0.25, -0.2) is 4.98 Å². The molecule has 1 aromatic rings. The van der Waals surface area contributed by atoms with Crippen LogP contribution in [0.2, 0.25) is 0 Å². The van der Waals surface area contributed by atoms with E-state index in [1.165, 1.54) is 19.3 Å². The van der Waals surface area contributed by atoms with Crippen LogP contribution in [-0.2, 0) is 11.3 Å². The SMILES string of the molecule is CNC1CCCCC1OCc1ccnc(C#N)c1. The summed E-state index contributed by atoms with van der Waals surface area (Å²) in [5.74, 6) is 0. The Morgan fingerprint density at radius 1 is 1.50 bits per heavy atom. The number of pyridine rings is 1. The maximum atomic E-state index is 8.80. The second kappa shape index (κ2) is 6.48. The van der Waals surface area contributed by atoms with E-state index in [0.717, 1.165) is 12.0 Å². The fourth-order valence-corrected chi connectivity index (χ4v) is 2.46. The molecule has 0 aromatic carbocycles. The number of rotatable bonds is 4. The first kappa shape index (κ1) is 13.0. The lowest BCUT2D eigenvalue weighted by molar-refractivity contribution is -0.00364. The lowest BCUT2D eigenvalue weighted by Gasteiger charge is -2.31. The van der Waals surface area contributed by atoms with Gasteiger partial charge < -0.3 is 10.1 Å². The maximum Gasteiger partial charge on any atom is 0.140 e. The summed E-state index contributed by atoms with van der Waals surface area (Å²) in [6.45, 7) is 0.556. The lowest BCUT2D eigenvalue weighted by Crippen LogP contribution is -2.41. The van der Waals surface area contributed by atoms with Gasteiger partial charge >= 0.3 is 0 Å². The molecule has 1 aliphatic carbocycles. The van der Waals surface area contributed by atoms with E-state index < -0.39 is 0 Å². The lowest BCUT2D eigenvalue weighted by atomic mass is 9.92. The number of aromatic nitrogens is 1. The number of hydrogen-bond donors (Lipinski definition) is 1. The minimum absolute atomic E-state index is 0.280. The second-order valence-electron chi connectivity index (χ2n) is 4.69. The van der Waals surface area contributed by atoms with Crippen molar-refractivity contribution in [3.05, 3.63) is 29.6 Å². The number of likely N-dealkylation sites (N-methyl/N-ethyl adjacent to an activating group) is 1. The van der Waals surface area contributed by atoms with E-state index in [-0.39, 0.29) is 6.10 Å². The highest BCUT2D eigenvalue weighted by Gasteiger charge is 2.24. The van der Waals surface area contributed by atoms with E-state index in [0.29, 0.717) is 18.3 Å². The van der Waals surface area contributed by atoms with Crippen LogP contribution in [0.1, 0.15) is 36.9 Å². The second-order valence-corrected chi connectivity index (χ2v) is 4.69. The van der Waals surface area contributed by atoms with Crippen molar-refractivity contribution in [3.8, 4) is 6.07 Å². The third kappa shape index (κ3) is 3.28. The van der Waals surface area contributed by atoms with Crippen molar-refractivity contribution < 1.29 is 4.74 Å². The molecule has 2 rings (SSSR count). The normalized spacial score (nSPS) is 23.6. The Morgan fingerprint density at radius 2 is 2.33 bits per heavy atom. The quantitative estimate of drug-likeness (QED) is 0.881. The molecule has 0 aliphatic heterocycles. The molecule has 0 amide bonds. The highest BCUT2D eigenvalue weighted by atomic mass is 16.5. The summed E-state index contributed by atoms with van der Waals surface area (Å²) < 4.78 is 5.97. The highest BCUT2D eigenvalue weighted by molar-refractivity contribution is 5.24. The van der Waals surface area contributed by atoms with Crippen LogP contribution in [0.15, 0.2) is 18.3 Å². The van der Waals surface area contributed by atoms with E-state index in [2.05, 4.69) is 10.3 Å². The van der Waals surface area contributed by atoms with Gasteiger partial charge in [0, 0.05) is 12.2 Å². The van der Waals surface area contributed by atoms with E-state index >= 15 is 0 Å². The molecule has 4 nitrogen and oxygen atoms in total. The predicted octanol–water partition coefficient (Wildman–Crippen LogP) is 2.00. The molecule has 96 valence electrons. The molecule has 2 atom stereocenters. The van der Waals surface area contributed by atoms with Crippen molar-refractivity contribution in [2.75, 3.05) is 7.05 Å². The van der Waals surface area contributed by atoms with Crippen molar-refractivity contribution in [1.82, 2.24) is 10.3 Å². The molecule has 0 radical (unpaired) electrons. The van der Waals surface area contributed by atoms with Gasteiger partial charge in [-0.3, -0.25) is 0 Å². The van der Waals surface area contributed by atoms with Crippen LogP contribution < -0.4 is 5.32 Å². The molecule has 2 unspecified atom stereocenters. The number of hydrogen-bond acceptors (Lipinski definition) is 4. The number of nitriles is 1. The first-order chi connectivity index (χ1) is 8.83. The molecule has 4 heteroatoms. The molecular formula is C14H19N3O. The minimum atomic E-state index is 0.280. The van der Waals surface area contributed by atoms with Gasteiger partial charge in [0.25, 0.3) is 0 Å². The summed E-state index contributed by atoms with van der Waals surface area (Å²) >= 11 is 0. The molecule has 0 bridgehead atoms. The van der Waals surface area contributed by atoms with Gasteiger partial charge in [-0.2, -0.15) is 5.26 Å². The van der Waals surface area contributed by atoms with Crippen LogP contribution in [-0.4, -0.2) is 24.2 Å². The standard InChI is InChI=1S/C14H19N3O/c1-16-13-4-2-3-5-14(13)18-10-11-6-7-17-12(8-11)9-15/h6-8,13-14,16H,2-5,10H2,1H3. The van der Waals surface area contributed by atoms with Crippen LogP contribution in [0.3, 0.4) is 0 Å². The number of nitrogens with zero attached hydrogens (tertiary/aromatic N) is 2. The predicted molar refractivity (Wildman–Crippen MR) is 68.8 cm³/mol. The van der Waals surface area contributed by atoms with Gasteiger partial charge in [-0.15, -0.1) is 0 Å². The Bertz CT molecular complexity index is 427. The fourth-order valence-electron chi connectivity index (χ4n) is 2.46. The molecule has 18 heavy (non-hydrogen) atoms. The highest BCUT2D eigenvalue weighted by Crippen LogP contribution is 2.22. The Hall–Kier alpha value is -1.44. The maximum absolute atomic E-state index is 8.80.